The first-order chi connectivity index (χ1) is 11.7. The van der Waals surface area contributed by atoms with Crippen LogP contribution in [0.3, 0.4) is 0 Å². The molecule has 0 bridgehead atoms. The van der Waals surface area contributed by atoms with Crippen molar-refractivity contribution in [1.29, 1.82) is 0 Å². The van der Waals surface area contributed by atoms with Crippen LogP contribution >= 0.6 is 15.9 Å². The lowest BCUT2D eigenvalue weighted by molar-refractivity contribution is -0.137. The molecular formula is C15H11BrF3NO4S. The summed E-state index contributed by atoms with van der Waals surface area (Å²) in [4.78, 5) is -0.172. The Morgan fingerprint density at radius 2 is 1.68 bits per heavy atom. The van der Waals surface area contributed by atoms with Crippen molar-refractivity contribution in [3.8, 4) is 11.5 Å². The van der Waals surface area contributed by atoms with Crippen molar-refractivity contribution in [2.45, 2.75) is 11.1 Å². The number of sulfonamides is 1. The van der Waals surface area contributed by atoms with Crippen molar-refractivity contribution in [2.24, 2.45) is 0 Å². The topological polar surface area (TPSA) is 64.6 Å². The molecule has 0 fully saturated rings. The number of hydrogen-bond donors (Lipinski definition) is 1. The Morgan fingerprint density at radius 3 is 2.32 bits per heavy atom. The molecule has 0 unspecified atom stereocenters. The first-order valence-electron chi connectivity index (χ1n) is 6.96. The Balaban J connectivity index is 1.95. The minimum Gasteiger partial charge on any atom is -0.486 e. The van der Waals surface area contributed by atoms with E-state index in [1.807, 2.05) is 0 Å². The molecule has 0 spiro atoms. The molecule has 0 amide bonds. The summed E-state index contributed by atoms with van der Waals surface area (Å²) < 4.78 is 76.4. The van der Waals surface area contributed by atoms with Gasteiger partial charge in [-0.15, -0.1) is 0 Å². The van der Waals surface area contributed by atoms with Crippen LogP contribution in [0.25, 0.3) is 0 Å². The van der Waals surface area contributed by atoms with E-state index in [1.54, 1.807) is 0 Å². The van der Waals surface area contributed by atoms with Crippen LogP contribution in [-0.4, -0.2) is 21.6 Å². The fourth-order valence-electron chi connectivity index (χ4n) is 2.22. The fraction of sp³-hybridized carbons (Fsp3) is 0.200. The van der Waals surface area contributed by atoms with Gasteiger partial charge in [0, 0.05) is 16.2 Å². The number of halogens is 4. The van der Waals surface area contributed by atoms with Crippen LogP contribution in [0.2, 0.25) is 0 Å². The monoisotopic (exact) mass is 437 g/mol. The van der Waals surface area contributed by atoms with Crippen LogP contribution in [0.15, 0.2) is 45.8 Å². The third-order valence-electron chi connectivity index (χ3n) is 3.33. The van der Waals surface area contributed by atoms with Crippen molar-refractivity contribution >= 4 is 31.6 Å². The zero-order valence-electron chi connectivity index (χ0n) is 12.4. The molecule has 1 heterocycles. The van der Waals surface area contributed by atoms with Crippen LogP contribution in [-0.2, 0) is 16.2 Å². The normalized spacial score (nSPS) is 14.2. The summed E-state index contributed by atoms with van der Waals surface area (Å²) in [6, 6.07) is 6.64. The Labute approximate surface area is 149 Å². The molecular weight excluding hydrogens is 427 g/mol. The number of benzene rings is 2. The summed E-state index contributed by atoms with van der Waals surface area (Å²) in [5, 5.41) is 0. The average molecular weight is 438 g/mol. The Kier molecular flexibility index (Phi) is 4.58. The number of rotatable bonds is 3. The lowest BCUT2D eigenvalue weighted by atomic mass is 10.2. The van der Waals surface area contributed by atoms with E-state index in [0.717, 1.165) is 18.2 Å². The highest BCUT2D eigenvalue weighted by atomic mass is 79.9. The van der Waals surface area contributed by atoms with Gasteiger partial charge in [-0.2, -0.15) is 13.2 Å². The van der Waals surface area contributed by atoms with Crippen molar-refractivity contribution < 1.29 is 31.1 Å². The van der Waals surface area contributed by atoms with E-state index in [0.29, 0.717) is 12.4 Å². The van der Waals surface area contributed by atoms with Crippen LogP contribution in [0.4, 0.5) is 18.9 Å². The molecule has 0 aliphatic carbocycles. The van der Waals surface area contributed by atoms with Gasteiger partial charge in [-0.3, -0.25) is 4.72 Å². The number of nitrogens with one attached hydrogen (secondary N) is 1. The molecule has 1 aliphatic heterocycles. The van der Waals surface area contributed by atoms with Crippen LogP contribution < -0.4 is 14.2 Å². The highest BCUT2D eigenvalue weighted by molar-refractivity contribution is 9.10. The van der Waals surface area contributed by atoms with Gasteiger partial charge < -0.3 is 9.47 Å². The highest BCUT2D eigenvalue weighted by Crippen LogP contribution is 2.38. The van der Waals surface area contributed by atoms with Gasteiger partial charge in [-0.25, -0.2) is 8.42 Å². The molecule has 2 aromatic carbocycles. The van der Waals surface area contributed by atoms with Crippen LogP contribution in [0, 0.1) is 0 Å². The number of ether oxygens (including phenoxy) is 2. The van der Waals surface area contributed by atoms with Gasteiger partial charge in [-0.1, -0.05) is 6.07 Å². The van der Waals surface area contributed by atoms with Gasteiger partial charge in [0.2, 0.25) is 0 Å². The first kappa shape index (κ1) is 17.9. The second-order valence-corrected chi connectivity index (χ2v) is 7.62. The number of alkyl halides is 3. The Bertz CT molecular complexity index is 915. The van der Waals surface area contributed by atoms with Crippen molar-refractivity contribution in [3.63, 3.8) is 0 Å². The van der Waals surface area contributed by atoms with Crippen molar-refractivity contribution in [2.75, 3.05) is 17.9 Å². The maximum absolute atomic E-state index is 12.8. The summed E-state index contributed by atoms with van der Waals surface area (Å²) >= 11 is 3.14. The summed E-state index contributed by atoms with van der Waals surface area (Å²) in [5.74, 6) is 0.634. The molecule has 0 radical (unpaired) electrons. The molecule has 0 atom stereocenters. The van der Waals surface area contributed by atoms with Gasteiger partial charge in [0.15, 0.2) is 11.5 Å². The minimum absolute atomic E-state index is 0.172. The zero-order chi connectivity index (χ0) is 18.2. The smallest absolute Gasteiger partial charge is 0.416 e. The van der Waals surface area contributed by atoms with E-state index in [1.165, 1.54) is 18.2 Å². The van der Waals surface area contributed by atoms with Crippen molar-refractivity contribution in [1.82, 2.24) is 0 Å². The average Bonchev–Trinajstić information content (AvgIpc) is 2.53. The molecule has 2 aromatic rings. The molecule has 25 heavy (non-hydrogen) atoms. The van der Waals surface area contributed by atoms with Crippen molar-refractivity contribution in [3.05, 3.63) is 46.4 Å². The number of anilines is 1. The van der Waals surface area contributed by atoms with E-state index in [2.05, 4.69) is 20.7 Å². The van der Waals surface area contributed by atoms with Gasteiger partial charge >= 0.3 is 6.18 Å². The number of hydrogen-bond acceptors (Lipinski definition) is 4. The van der Waals surface area contributed by atoms with Crippen LogP contribution in [0.5, 0.6) is 11.5 Å². The summed E-state index contributed by atoms with van der Waals surface area (Å²) in [6.45, 7) is 0.614. The van der Waals surface area contributed by atoms with Gasteiger partial charge in [0.05, 0.1) is 5.56 Å². The standard InChI is InChI=1S/C15H11BrF3NO4S/c16-11-7-12-13(24-5-4-23-12)8-14(11)25(21,22)20-10-3-1-2-9(6-10)15(17,18)19/h1-3,6-8,20H,4-5H2. The van der Waals surface area contributed by atoms with E-state index in [9.17, 15) is 21.6 Å². The quantitative estimate of drug-likeness (QED) is 0.786. The van der Waals surface area contributed by atoms with E-state index >= 15 is 0 Å². The predicted molar refractivity (Wildman–Crippen MR) is 87.4 cm³/mol. The Hall–Kier alpha value is -1.94. The third-order valence-corrected chi connectivity index (χ3v) is 5.67. The molecule has 3 rings (SSSR count). The van der Waals surface area contributed by atoms with Gasteiger partial charge in [0.1, 0.15) is 18.1 Å². The molecule has 5 nitrogen and oxygen atoms in total. The molecule has 0 saturated heterocycles. The maximum atomic E-state index is 12.8. The summed E-state index contributed by atoms with van der Waals surface area (Å²) in [7, 11) is -4.14. The highest BCUT2D eigenvalue weighted by Gasteiger charge is 2.31. The Morgan fingerprint density at radius 1 is 1.04 bits per heavy atom. The zero-order valence-corrected chi connectivity index (χ0v) is 14.8. The minimum atomic E-state index is -4.57. The first-order valence-corrected chi connectivity index (χ1v) is 9.24. The molecule has 1 aliphatic rings. The molecule has 0 aromatic heterocycles. The summed E-state index contributed by atoms with van der Waals surface area (Å²) in [6.07, 6.45) is -4.57. The fourth-order valence-corrected chi connectivity index (χ4v) is 4.31. The molecule has 10 heteroatoms. The lowest BCUT2D eigenvalue weighted by Crippen LogP contribution is -2.18. The lowest BCUT2D eigenvalue weighted by Gasteiger charge is -2.20. The van der Waals surface area contributed by atoms with Gasteiger partial charge in [-0.05, 0) is 40.2 Å². The summed E-state index contributed by atoms with van der Waals surface area (Å²) in [5.41, 5.74) is -1.15. The SMILES string of the molecule is O=S(=O)(Nc1cccc(C(F)(F)F)c1)c1cc2c(cc1Br)OCCO2. The predicted octanol–water partition coefficient (Wildman–Crippen LogP) is 4.04. The maximum Gasteiger partial charge on any atom is 0.416 e. The van der Waals surface area contributed by atoms with E-state index in [-0.39, 0.29) is 27.4 Å². The molecule has 0 saturated carbocycles. The molecule has 1 N–H and O–H groups in total. The second-order valence-electron chi connectivity index (χ2n) is 5.11. The number of fused-ring (bicyclic) bond motifs is 1. The second kappa shape index (κ2) is 6.41. The molecule has 134 valence electrons. The largest absolute Gasteiger partial charge is 0.486 e. The van der Waals surface area contributed by atoms with Crippen LogP contribution in [0.1, 0.15) is 5.56 Å². The van der Waals surface area contributed by atoms with Gasteiger partial charge in [0.25, 0.3) is 10.0 Å². The van der Waals surface area contributed by atoms with E-state index < -0.39 is 21.8 Å². The third kappa shape index (κ3) is 3.84. The van der Waals surface area contributed by atoms with E-state index in [4.69, 9.17) is 9.47 Å².